The van der Waals surface area contributed by atoms with Gasteiger partial charge in [-0.3, -0.25) is 0 Å². The Morgan fingerprint density at radius 2 is 2.26 bits per heavy atom. The first-order valence-corrected chi connectivity index (χ1v) is 9.48. The molecule has 0 saturated carbocycles. The van der Waals surface area contributed by atoms with Gasteiger partial charge in [0.25, 0.3) is 0 Å². The zero-order valence-corrected chi connectivity index (χ0v) is 15.6. The number of likely N-dealkylation sites (tertiary alicyclic amines) is 1. The van der Waals surface area contributed by atoms with Crippen LogP contribution < -0.4 is 5.32 Å². The molecule has 2 heterocycles. The van der Waals surface area contributed by atoms with Crippen molar-refractivity contribution >= 4 is 17.4 Å². The van der Waals surface area contributed by atoms with Crippen molar-refractivity contribution in [1.82, 2.24) is 10.2 Å². The molecule has 1 N–H and O–H groups in total. The Morgan fingerprint density at radius 3 is 2.91 bits per heavy atom. The van der Waals surface area contributed by atoms with E-state index in [-0.39, 0.29) is 12.1 Å². The van der Waals surface area contributed by atoms with E-state index in [0.717, 1.165) is 32.4 Å². The van der Waals surface area contributed by atoms with Gasteiger partial charge in [0.05, 0.1) is 0 Å². The maximum absolute atomic E-state index is 12.4. The minimum Gasteiger partial charge on any atom is -0.444 e. The standard InChI is InChI=1S/C18H30N2O2S/c1-14(19-13-16-9-7-11-23-16)12-15-8-5-6-10-20(15)17(21)22-18(2,3)4/h7,9,11,14-15,19H,5-6,8,10,12-13H2,1-4H3. The number of carbonyl (C=O) groups is 1. The van der Waals surface area contributed by atoms with Crippen LogP contribution in [-0.2, 0) is 11.3 Å². The minimum atomic E-state index is -0.428. The molecule has 0 spiro atoms. The van der Waals surface area contributed by atoms with E-state index in [4.69, 9.17) is 4.74 Å². The van der Waals surface area contributed by atoms with E-state index in [1.165, 1.54) is 11.3 Å². The van der Waals surface area contributed by atoms with E-state index in [1.807, 2.05) is 25.7 Å². The molecule has 1 amide bonds. The number of thiophene rings is 1. The molecule has 0 aromatic carbocycles. The highest BCUT2D eigenvalue weighted by atomic mass is 32.1. The normalized spacial score (nSPS) is 20.3. The summed E-state index contributed by atoms with van der Waals surface area (Å²) in [6.45, 7) is 9.70. The summed E-state index contributed by atoms with van der Waals surface area (Å²) < 4.78 is 5.58. The van der Waals surface area contributed by atoms with Crippen LogP contribution in [0.25, 0.3) is 0 Å². The zero-order chi connectivity index (χ0) is 16.9. The summed E-state index contributed by atoms with van der Waals surface area (Å²) in [7, 11) is 0. The number of amides is 1. The Bertz CT molecular complexity index is 482. The summed E-state index contributed by atoms with van der Waals surface area (Å²) in [5.74, 6) is 0. The molecule has 1 saturated heterocycles. The van der Waals surface area contributed by atoms with Crippen molar-refractivity contribution in [1.29, 1.82) is 0 Å². The lowest BCUT2D eigenvalue weighted by molar-refractivity contribution is 0.00789. The summed E-state index contributed by atoms with van der Waals surface area (Å²) in [5.41, 5.74) is -0.428. The molecule has 23 heavy (non-hydrogen) atoms. The Balaban J connectivity index is 1.86. The number of piperidine rings is 1. The van der Waals surface area contributed by atoms with Crippen molar-refractivity contribution in [3.63, 3.8) is 0 Å². The van der Waals surface area contributed by atoms with Crippen LogP contribution in [-0.4, -0.2) is 35.2 Å². The van der Waals surface area contributed by atoms with Gasteiger partial charge in [-0.05, 0) is 64.8 Å². The second kappa shape index (κ2) is 8.15. The molecule has 0 radical (unpaired) electrons. The van der Waals surface area contributed by atoms with Crippen LogP contribution in [0.4, 0.5) is 4.79 Å². The average Bonchev–Trinajstić information content (AvgIpc) is 2.97. The third kappa shape index (κ3) is 6.15. The highest BCUT2D eigenvalue weighted by molar-refractivity contribution is 7.09. The molecule has 5 heteroatoms. The number of hydrogen-bond donors (Lipinski definition) is 1. The summed E-state index contributed by atoms with van der Waals surface area (Å²) in [5, 5.41) is 5.68. The SMILES string of the molecule is CC(CC1CCCCN1C(=O)OC(C)(C)C)NCc1cccs1. The third-order valence-electron chi connectivity index (χ3n) is 4.09. The summed E-state index contributed by atoms with van der Waals surface area (Å²) in [6.07, 6.45) is 4.16. The molecule has 4 nitrogen and oxygen atoms in total. The highest BCUT2D eigenvalue weighted by Crippen LogP contribution is 2.23. The molecule has 1 aliphatic heterocycles. The number of nitrogens with zero attached hydrogens (tertiary/aromatic N) is 1. The summed E-state index contributed by atoms with van der Waals surface area (Å²) in [6, 6.07) is 4.89. The van der Waals surface area contributed by atoms with Gasteiger partial charge in [0.1, 0.15) is 5.60 Å². The van der Waals surface area contributed by atoms with Gasteiger partial charge in [-0.25, -0.2) is 4.79 Å². The first kappa shape index (κ1) is 18.3. The van der Waals surface area contributed by atoms with Crippen LogP contribution in [0.15, 0.2) is 17.5 Å². The van der Waals surface area contributed by atoms with Gasteiger partial charge in [0.2, 0.25) is 0 Å². The molecule has 2 unspecified atom stereocenters. The van der Waals surface area contributed by atoms with E-state index in [0.29, 0.717) is 6.04 Å². The second-order valence-corrected chi connectivity index (χ2v) is 8.45. The van der Waals surface area contributed by atoms with Crippen LogP contribution in [0.5, 0.6) is 0 Å². The smallest absolute Gasteiger partial charge is 0.410 e. The fraction of sp³-hybridized carbons (Fsp3) is 0.722. The number of hydrogen-bond acceptors (Lipinski definition) is 4. The Morgan fingerprint density at radius 1 is 1.48 bits per heavy atom. The predicted octanol–water partition coefficient (Wildman–Crippen LogP) is 4.41. The molecular weight excluding hydrogens is 308 g/mol. The van der Waals surface area contributed by atoms with Crippen molar-refractivity contribution in [2.45, 2.75) is 77.6 Å². The van der Waals surface area contributed by atoms with Crippen molar-refractivity contribution in [3.05, 3.63) is 22.4 Å². The number of nitrogens with one attached hydrogen (secondary N) is 1. The first-order valence-electron chi connectivity index (χ1n) is 8.60. The van der Waals surface area contributed by atoms with Crippen molar-refractivity contribution in [2.24, 2.45) is 0 Å². The van der Waals surface area contributed by atoms with Gasteiger partial charge >= 0.3 is 6.09 Å². The van der Waals surface area contributed by atoms with Crippen LogP contribution in [0.3, 0.4) is 0 Å². The fourth-order valence-corrected chi connectivity index (χ4v) is 3.64. The molecule has 1 aromatic heterocycles. The molecule has 2 rings (SSSR count). The first-order chi connectivity index (χ1) is 10.8. The highest BCUT2D eigenvalue weighted by Gasteiger charge is 2.31. The molecule has 2 atom stereocenters. The Hall–Kier alpha value is -1.07. The zero-order valence-electron chi connectivity index (χ0n) is 14.8. The Labute approximate surface area is 144 Å². The van der Waals surface area contributed by atoms with Gasteiger partial charge < -0.3 is 15.0 Å². The predicted molar refractivity (Wildman–Crippen MR) is 95.8 cm³/mol. The largest absolute Gasteiger partial charge is 0.444 e. The van der Waals surface area contributed by atoms with Crippen LogP contribution in [0.2, 0.25) is 0 Å². The van der Waals surface area contributed by atoms with Gasteiger partial charge in [0.15, 0.2) is 0 Å². The molecular formula is C18H30N2O2S. The van der Waals surface area contributed by atoms with E-state index < -0.39 is 5.60 Å². The molecule has 130 valence electrons. The number of ether oxygens (including phenoxy) is 1. The van der Waals surface area contributed by atoms with Gasteiger partial charge in [-0.1, -0.05) is 6.07 Å². The minimum absolute atomic E-state index is 0.160. The average molecular weight is 339 g/mol. The third-order valence-corrected chi connectivity index (χ3v) is 4.96. The molecule has 1 fully saturated rings. The fourth-order valence-electron chi connectivity index (χ4n) is 2.99. The molecule has 0 bridgehead atoms. The van der Waals surface area contributed by atoms with Crippen molar-refractivity contribution in [2.75, 3.05) is 6.54 Å². The van der Waals surface area contributed by atoms with E-state index in [9.17, 15) is 4.79 Å². The van der Waals surface area contributed by atoms with Gasteiger partial charge in [-0.15, -0.1) is 11.3 Å². The van der Waals surface area contributed by atoms with Gasteiger partial charge in [-0.2, -0.15) is 0 Å². The summed E-state index contributed by atoms with van der Waals surface area (Å²) >= 11 is 1.78. The molecule has 0 aliphatic carbocycles. The topological polar surface area (TPSA) is 41.6 Å². The van der Waals surface area contributed by atoms with Crippen LogP contribution >= 0.6 is 11.3 Å². The Kier molecular flexibility index (Phi) is 6.48. The quantitative estimate of drug-likeness (QED) is 0.865. The molecule has 1 aromatic rings. The van der Waals surface area contributed by atoms with E-state index in [2.05, 4.69) is 29.8 Å². The second-order valence-electron chi connectivity index (χ2n) is 7.42. The van der Waals surface area contributed by atoms with E-state index >= 15 is 0 Å². The monoisotopic (exact) mass is 338 g/mol. The number of carbonyl (C=O) groups excluding carboxylic acids is 1. The maximum atomic E-state index is 12.4. The number of rotatable bonds is 5. The summed E-state index contributed by atoms with van der Waals surface area (Å²) in [4.78, 5) is 15.7. The lowest BCUT2D eigenvalue weighted by atomic mass is 9.96. The van der Waals surface area contributed by atoms with Gasteiger partial charge in [0, 0.05) is 30.1 Å². The van der Waals surface area contributed by atoms with Crippen molar-refractivity contribution < 1.29 is 9.53 Å². The van der Waals surface area contributed by atoms with Crippen LogP contribution in [0.1, 0.15) is 58.3 Å². The maximum Gasteiger partial charge on any atom is 0.410 e. The van der Waals surface area contributed by atoms with Crippen LogP contribution in [0, 0.1) is 0 Å². The lowest BCUT2D eigenvalue weighted by Gasteiger charge is -2.38. The lowest BCUT2D eigenvalue weighted by Crippen LogP contribution is -2.48. The molecule has 1 aliphatic rings. The van der Waals surface area contributed by atoms with E-state index in [1.54, 1.807) is 11.3 Å². The van der Waals surface area contributed by atoms with Crippen molar-refractivity contribution in [3.8, 4) is 0 Å².